The molecule has 18 heavy (non-hydrogen) atoms. The van der Waals surface area contributed by atoms with Crippen molar-refractivity contribution in [2.24, 2.45) is 0 Å². The van der Waals surface area contributed by atoms with Crippen LogP contribution in [-0.2, 0) is 4.79 Å². The average molecular weight is 256 g/mol. The zero-order valence-corrected chi connectivity index (χ0v) is 9.83. The third kappa shape index (κ3) is 3.76. The minimum absolute atomic E-state index is 0.103. The Morgan fingerprint density at radius 2 is 2.00 bits per heavy atom. The summed E-state index contributed by atoms with van der Waals surface area (Å²) in [6.07, 6.45) is -1.10. The van der Waals surface area contributed by atoms with Gasteiger partial charge in [-0.3, -0.25) is 4.79 Å². The van der Waals surface area contributed by atoms with Crippen molar-refractivity contribution in [2.45, 2.75) is 19.1 Å². The lowest BCUT2D eigenvalue weighted by Gasteiger charge is -2.22. The quantitative estimate of drug-likeness (QED) is 0.416. The molecule has 1 rings (SSSR count). The van der Waals surface area contributed by atoms with Crippen LogP contribution in [0.15, 0.2) is 24.3 Å². The standard InChI is InChI=1S/C11H16N2O5/c1-7(15)12-10(6-14)11(16)8-2-4-9(5-3-8)13(17)18/h2-5,10-11,13-14,16-17H,6H2,1H3,(H,12,15). The second-order valence-electron chi connectivity index (χ2n) is 3.86. The molecule has 0 aliphatic heterocycles. The number of carbonyl (C=O) groups excluding carboxylic acids is 1. The molecule has 0 saturated heterocycles. The fourth-order valence-electron chi connectivity index (χ4n) is 1.54. The van der Waals surface area contributed by atoms with Gasteiger partial charge in [0.05, 0.1) is 12.6 Å². The number of hydrogen-bond acceptors (Lipinski definition) is 5. The van der Waals surface area contributed by atoms with Gasteiger partial charge in [0.2, 0.25) is 5.91 Å². The molecular formula is C11H16N2O5. The maximum absolute atomic E-state index is 10.9. The Bertz CT molecular complexity index is 393. The van der Waals surface area contributed by atoms with E-state index in [-0.39, 0.29) is 11.6 Å². The number of benzene rings is 1. The normalized spacial score (nSPS) is 15.8. The van der Waals surface area contributed by atoms with Gasteiger partial charge in [-0.15, -0.1) is 0 Å². The summed E-state index contributed by atoms with van der Waals surface area (Å²) in [5.74, 6) is -0.366. The van der Waals surface area contributed by atoms with Gasteiger partial charge in [0.1, 0.15) is 6.10 Å². The third-order valence-corrected chi connectivity index (χ3v) is 2.47. The van der Waals surface area contributed by atoms with E-state index < -0.39 is 24.0 Å². The molecule has 0 spiro atoms. The van der Waals surface area contributed by atoms with Crippen LogP contribution in [0, 0.1) is 5.21 Å². The first-order valence-electron chi connectivity index (χ1n) is 5.35. The van der Waals surface area contributed by atoms with E-state index in [0.29, 0.717) is 5.56 Å². The summed E-state index contributed by atoms with van der Waals surface area (Å²) in [5.41, 5.74) is 0.527. The van der Waals surface area contributed by atoms with Crippen LogP contribution in [0.4, 0.5) is 5.69 Å². The van der Waals surface area contributed by atoms with Crippen molar-refractivity contribution < 1.29 is 25.4 Å². The van der Waals surface area contributed by atoms with E-state index in [9.17, 15) is 15.1 Å². The van der Waals surface area contributed by atoms with Crippen LogP contribution in [0.1, 0.15) is 18.6 Å². The Morgan fingerprint density at radius 1 is 1.44 bits per heavy atom. The molecule has 0 heterocycles. The second-order valence-corrected chi connectivity index (χ2v) is 3.86. The highest BCUT2D eigenvalue weighted by atomic mass is 16.8. The monoisotopic (exact) mass is 256 g/mol. The van der Waals surface area contributed by atoms with Crippen LogP contribution < -0.4 is 10.5 Å². The molecule has 100 valence electrons. The molecular weight excluding hydrogens is 240 g/mol. The van der Waals surface area contributed by atoms with Crippen molar-refractivity contribution in [1.82, 2.24) is 5.32 Å². The third-order valence-electron chi connectivity index (χ3n) is 2.47. The number of quaternary nitrogens is 1. The van der Waals surface area contributed by atoms with Crippen molar-refractivity contribution in [3.05, 3.63) is 35.0 Å². The molecule has 0 aliphatic carbocycles. The zero-order chi connectivity index (χ0) is 13.7. The van der Waals surface area contributed by atoms with Crippen LogP contribution in [0.2, 0.25) is 0 Å². The first-order valence-corrected chi connectivity index (χ1v) is 5.35. The summed E-state index contributed by atoms with van der Waals surface area (Å²) < 4.78 is 0. The molecule has 0 aromatic heterocycles. The molecule has 7 nitrogen and oxygen atoms in total. The van der Waals surface area contributed by atoms with E-state index >= 15 is 0 Å². The maximum atomic E-state index is 10.9. The predicted octanol–water partition coefficient (Wildman–Crippen LogP) is -1.38. The Balaban J connectivity index is 2.81. The van der Waals surface area contributed by atoms with Crippen molar-refractivity contribution in [2.75, 3.05) is 6.61 Å². The van der Waals surface area contributed by atoms with Gasteiger partial charge >= 0.3 is 0 Å². The van der Waals surface area contributed by atoms with Crippen LogP contribution in [-0.4, -0.2) is 34.0 Å². The Labute approximate surface area is 104 Å². The molecule has 0 saturated carbocycles. The lowest BCUT2D eigenvalue weighted by Crippen LogP contribution is -2.99. The molecule has 1 aromatic rings. The van der Waals surface area contributed by atoms with Gasteiger partial charge in [0.15, 0.2) is 5.69 Å². The highest BCUT2D eigenvalue weighted by Crippen LogP contribution is 2.18. The lowest BCUT2D eigenvalue weighted by molar-refractivity contribution is -0.991. The molecule has 5 N–H and O–H groups in total. The highest BCUT2D eigenvalue weighted by molar-refractivity contribution is 5.73. The summed E-state index contributed by atoms with van der Waals surface area (Å²) in [5, 5.41) is 39.8. The van der Waals surface area contributed by atoms with E-state index in [1.165, 1.54) is 31.2 Å². The fraction of sp³-hybridized carbons (Fsp3) is 0.364. The molecule has 0 fully saturated rings. The Kier molecular flexibility index (Phi) is 5.20. The Morgan fingerprint density at radius 3 is 2.39 bits per heavy atom. The van der Waals surface area contributed by atoms with Gasteiger partial charge in [-0.25, -0.2) is 5.21 Å². The number of hydrogen-bond donors (Lipinski definition) is 5. The van der Waals surface area contributed by atoms with E-state index in [0.717, 1.165) is 0 Å². The molecule has 3 unspecified atom stereocenters. The number of rotatable bonds is 5. The molecule has 3 atom stereocenters. The first-order chi connectivity index (χ1) is 8.45. The molecule has 7 heteroatoms. The van der Waals surface area contributed by atoms with Gasteiger partial charge < -0.3 is 20.7 Å². The largest absolute Gasteiger partial charge is 0.595 e. The first kappa shape index (κ1) is 14.6. The Hall–Kier alpha value is -1.51. The summed E-state index contributed by atoms with van der Waals surface area (Å²) in [7, 11) is 0. The fourth-order valence-corrected chi connectivity index (χ4v) is 1.54. The molecule has 0 radical (unpaired) electrons. The number of nitrogens with one attached hydrogen (secondary N) is 2. The van der Waals surface area contributed by atoms with E-state index in [4.69, 9.17) is 10.3 Å². The predicted molar refractivity (Wildman–Crippen MR) is 61.9 cm³/mol. The van der Waals surface area contributed by atoms with Crippen molar-refractivity contribution in [1.29, 1.82) is 0 Å². The maximum Gasteiger partial charge on any atom is 0.217 e. The summed E-state index contributed by atoms with van der Waals surface area (Å²) in [6, 6.07) is 4.77. The molecule has 0 aliphatic rings. The number of aliphatic hydroxyl groups excluding tert-OH is 2. The average Bonchev–Trinajstić information content (AvgIpc) is 2.35. The second kappa shape index (κ2) is 6.43. The molecule has 0 bridgehead atoms. The van der Waals surface area contributed by atoms with Gasteiger partial charge in [-0.05, 0) is 5.56 Å². The van der Waals surface area contributed by atoms with Crippen molar-refractivity contribution in [3.8, 4) is 0 Å². The van der Waals surface area contributed by atoms with Gasteiger partial charge in [-0.2, -0.15) is 5.23 Å². The van der Waals surface area contributed by atoms with E-state index in [1.807, 2.05) is 0 Å². The van der Waals surface area contributed by atoms with Gasteiger partial charge in [-0.1, -0.05) is 12.1 Å². The topological polar surface area (TPSA) is 117 Å². The highest BCUT2D eigenvalue weighted by Gasteiger charge is 2.21. The summed E-state index contributed by atoms with van der Waals surface area (Å²) >= 11 is 0. The minimum Gasteiger partial charge on any atom is -0.595 e. The van der Waals surface area contributed by atoms with Crippen LogP contribution in [0.25, 0.3) is 0 Å². The smallest absolute Gasteiger partial charge is 0.217 e. The number of carbonyl (C=O) groups is 1. The number of aliphatic hydroxyl groups is 2. The van der Waals surface area contributed by atoms with Gasteiger partial charge in [0.25, 0.3) is 0 Å². The van der Waals surface area contributed by atoms with Gasteiger partial charge in [0, 0.05) is 19.1 Å². The lowest BCUT2D eigenvalue weighted by atomic mass is 10.0. The molecule has 1 amide bonds. The summed E-state index contributed by atoms with van der Waals surface area (Å²) in [4.78, 5) is 10.9. The summed E-state index contributed by atoms with van der Waals surface area (Å²) in [6.45, 7) is 0.865. The van der Waals surface area contributed by atoms with E-state index in [2.05, 4.69) is 5.32 Å². The van der Waals surface area contributed by atoms with E-state index in [1.54, 1.807) is 0 Å². The molecule has 1 aromatic carbocycles. The van der Waals surface area contributed by atoms with Crippen LogP contribution >= 0.6 is 0 Å². The SMILES string of the molecule is CC(=O)NC(CO)C(O)c1ccc([NH+]([O-])O)cc1. The zero-order valence-electron chi connectivity index (χ0n) is 9.83. The van der Waals surface area contributed by atoms with Crippen LogP contribution in [0.5, 0.6) is 0 Å². The number of amides is 1. The van der Waals surface area contributed by atoms with Crippen LogP contribution in [0.3, 0.4) is 0 Å². The van der Waals surface area contributed by atoms with Crippen molar-refractivity contribution in [3.63, 3.8) is 0 Å². The minimum atomic E-state index is -1.10. The van der Waals surface area contributed by atoms with Crippen molar-refractivity contribution >= 4 is 11.6 Å².